The third-order valence-corrected chi connectivity index (χ3v) is 4.10. The number of rotatable bonds is 4. The molecular formula is C13H11AsN2O4. The third-order valence-electron chi connectivity index (χ3n) is 3.00. The number of carbonyl (C=O) groups is 1. The summed E-state index contributed by atoms with van der Waals surface area (Å²) in [5.74, 6) is 1.54. The van der Waals surface area contributed by atoms with Gasteiger partial charge in [-0.15, -0.1) is 0 Å². The fourth-order valence-corrected chi connectivity index (χ4v) is 2.59. The molecule has 0 aliphatic rings. The van der Waals surface area contributed by atoms with Crippen molar-refractivity contribution in [1.29, 1.82) is 0 Å². The van der Waals surface area contributed by atoms with Crippen LogP contribution in [0.5, 0.6) is 0 Å². The molecule has 2 N–H and O–H groups in total. The van der Waals surface area contributed by atoms with Crippen LogP contribution in [0, 0.1) is 22.5 Å². The number of nitro groups is 1. The number of fused-ring (bicyclic) bond motifs is 1. The van der Waals surface area contributed by atoms with Crippen LogP contribution in [-0.4, -0.2) is 37.8 Å². The van der Waals surface area contributed by atoms with E-state index < -0.39 is 15.6 Å². The average Bonchev–Trinajstić information content (AvgIpc) is 2.81. The molecule has 2 rings (SSSR count). The first-order chi connectivity index (χ1) is 9.45. The molecule has 0 amide bonds. The zero-order chi connectivity index (χ0) is 14.9. The first-order valence-corrected chi connectivity index (χ1v) is 7.08. The molecule has 1 heterocycles. The summed E-state index contributed by atoms with van der Waals surface area (Å²) in [6, 6.07) is 2.86. The van der Waals surface area contributed by atoms with Crippen molar-refractivity contribution in [3.63, 3.8) is 0 Å². The number of aromatic amines is 1. The minimum absolute atomic E-state index is 0.0691. The van der Waals surface area contributed by atoms with E-state index in [2.05, 4.69) is 10.9 Å². The standard InChI is InChI=1S/C13H11AsN2O4/c1-2-7-3-4-10(16(19)20)11-8(6-15-12(7)11)5-9(14)13(17)18/h1,3-4,6,9,15H,5,14H2,(H,17,18). The summed E-state index contributed by atoms with van der Waals surface area (Å²) in [4.78, 5) is 24.5. The van der Waals surface area contributed by atoms with E-state index in [0.29, 0.717) is 22.0 Å². The predicted octanol–water partition coefficient (Wildman–Crippen LogP) is 1.11. The Labute approximate surface area is 122 Å². The minimum atomic E-state index is -0.921. The van der Waals surface area contributed by atoms with Crippen molar-refractivity contribution in [2.75, 3.05) is 0 Å². The van der Waals surface area contributed by atoms with Crippen molar-refractivity contribution in [3.8, 4) is 12.3 Å². The number of nitro benzene ring substituents is 1. The van der Waals surface area contributed by atoms with Crippen molar-refractivity contribution in [2.24, 2.45) is 0 Å². The number of nitrogens with one attached hydrogen (secondary N) is 1. The van der Waals surface area contributed by atoms with Crippen LogP contribution in [0.2, 0.25) is 4.71 Å². The number of aromatic nitrogens is 1. The summed E-state index contributed by atoms with van der Waals surface area (Å²) in [5.41, 5.74) is 1.55. The monoisotopic (exact) mass is 334 g/mol. The zero-order valence-corrected chi connectivity index (χ0v) is 12.7. The Morgan fingerprint density at radius 3 is 2.85 bits per heavy atom. The molecule has 0 fully saturated rings. The first kappa shape index (κ1) is 14.2. The Kier molecular flexibility index (Phi) is 3.82. The van der Waals surface area contributed by atoms with Crippen molar-refractivity contribution in [1.82, 2.24) is 4.98 Å². The van der Waals surface area contributed by atoms with Crippen molar-refractivity contribution in [2.45, 2.75) is 11.1 Å². The Hall–Kier alpha value is -2.25. The number of carboxylic acid groups (broad SMARTS) is 1. The second-order valence-corrected chi connectivity index (χ2v) is 5.93. The van der Waals surface area contributed by atoms with Crippen LogP contribution in [0.25, 0.3) is 10.9 Å². The van der Waals surface area contributed by atoms with E-state index >= 15 is 0 Å². The predicted molar refractivity (Wildman–Crippen MR) is 76.5 cm³/mol. The number of hydrogen-bond acceptors (Lipinski definition) is 3. The second-order valence-electron chi connectivity index (χ2n) is 4.25. The van der Waals surface area contributed by atoms with Gasteiger partial charge in [0, 0.05) is 0 Å². The molecule has 0 saturated heterocycles. The molecule has 7 heteroatoms. The van der Waals surface area contributed by atoms with E-state index in [4.69, 9.17) is 11.5 Å². The molecule has 2 aromatic rings. The third kappa shape index (κ3) is 2.40. The summed E-state index contributed by atoms with van der Waals surface area (Å²) in [7, 11) is 0. The number of aliphatic carboxylic acids is 1. The number of nitrogens with zero attached hydrogens (tertiary/aromatic N) is 1. The molecule has 1 aromatic carbocycles. The van der Waals surface area contributed by atoms with E-state index in [1.165, 1.54) is 12.1 Å². The molecule has 0 radical (unpaired) electrons. The van der Waals surface area contributed by atoms with Gasteiger partial charge < -0.3 is 0 Å². The fraction of sp³-hybridized carbons (Fsp3) is 0.154. The van der Waals surface area contributed by atoms with Gasteiger partial charge in [0.1, 0.15) is 0 Å². The topological polar surface area (TPSA) is 96.2 Å². The molecule has 102 valence electrons. The molecule has 0 aliphatic carbocycles. The number of benzene rings is 1. The second kappa shape index (κ2) is 5.39. The molecule has 6 nitrogen and oxygen atoms in total. The summed E-state index contributed by atoms with van der Waals surface area (Å²) in [6.07, 6.45) is 7.19. The van der Waals surface area contributed by atoms with Crippen LogP contribution in [-0.2, 0) is 11.2 Å². The van der Waals surface area contributed by atoms with E-state index in [1.807, 2.05) is 0 Å². The van der Waals surface area contributed by atoms with E-state index in [-0.39, 0.29) is 12.1 Å². The molecule has 2 unspecified atom stereocenters. The molecular weight excluding hydrogens is 323 g/mol. The van der Waals surface area contributed by atoms with Gasteiger partial charge in [0.05, 0.1) is 0 Å². The van der Waals surface area contributed by atoms with Crippen LogP contribution < -0.4 is 0 Å². The Balaban J connectivity index is 2.65. The van der Waals surface area contributed by atoms with Crippen LogP contribution in [0.15, 0.2) is 18.3 Å². The average molecular weight is 334 g/mol. The number of H-pyrrole nitrogens is 1. The van der Waals surface area contributed by atoms with Gasteiger partial charge in [-0.3, -0.25) is 0 Å². The SMILES string of the molecule is C#Cc1ccc([N+](=O)[O-])c2c(CC([AsH2])C(=O)O)c[nH]c12. The summed E-state index contributed by atoms with van der Waals surface area (Å²) in [6.45, 7) is 0. The quantitative estimate of drug-likeness (QED) is 0.379. The van der Waals surface area contributed by atoms with E-state index in [0.717, 1.165) is 16.9 Å². The van der Waals surface area contributed by atoms with Gasteiger partial charge in [0.15, 0.2) is 0 Å². The van der Waals surface area contributed by atoms with Crippen molar-refractivity contribution in [3.05, 3.63) is 39.6 Å². The maximum absolute atomic E-state index is 11.1. The number of non-ortho nitro benzene ring substituents is 1. The van der Waals surface area contributed by atoms with Gasteiger partial charge >= 0.3 is 122 Å². The number of terminal acetylenes is 1. The van der Waals surface area contributed by atoms with Gasteiger partial charge in [-0.1, -0.05) is 0 Å². The van der Waals surface area contributed by atoms with Crippen LogP contribution in [0.1, 0.15) is 11.1 Å². The van der Waals surface area contributed by atoms with Crippen LogP contribution >= 0.6 is 0 Å². The number of hydrogen-bond donors (Lipinski definition) is 2. The van der Waals surface area contributed by atoms with Crippen LogP contribution in [0.4, 0.5) is 5.69 Å². The normalized spacial score (nSPS) is 12.0. The van der Waals surface area contributed by atoms with Gasteiger partial charge in [-0.2, -0.15) is 0 Å². The van der Waals surface area contributed by atoms with Crippen molar-refractivity contribution >= 4 is 39.4 Å². The molecule has 20 heavy (non-hydrogen) atoms. The van der Waals surface area contributed by atoms with Gasteiger partial charge in [-0.05, 0) is 0 Å². The zero-order valence-electron chi connectivity index (χ0n) is 10.3. The number of carboxylic acids is 1. The molecule has 0 saturated carbocycles. The fourth-order valence-electron chi connectivity index (χ4n) is 2.06. The molecule has 1 aromatic heterocycles. The molecule has 0 spiro atoms. The summed E-state index contributed by atoms with van der Waals surface area (Å²) in [5, 5.41) is 20.5. The first-order valence-electron chi connectivity index (χ1n) is 5.68. The Bertz CT molecular complexity index is 745. The molecule has 2 atom stereocenters. The molecule has 0 aliphatic heterocycles. The Morgan fingerprint density at radius 2 is 2.30 bits per heavy atom. The summed E-state index contributed by atoms with van der Waals surface area (Å²) < 4.78 is -0.574. The van der Waals surface area contributed by atoms with Gasteiger partial charge in [0.25, 0.3) is 0 Å². The molecule has 0 bridgehead atoms. The summed E-state index contributed by atoms with van der Waals surface area (Å²) >= 11 is 1.06. The van der Waals surface area contributed by atoms with E-state index in [1.54, 1.807) is 6.20 Å². The van der Waals surface area contributed by atoms with Crippen LogP contribution in [0.3, 0.4) is 0 Å². The van der Waals surface area contributed by atoms with Gasteiger partial charge in [-0.25, -0.2) is 0 Å². The van der Waals surface area contributed by atoms with E-state index in [9.17, 15) is 14.9 Å². The maximum atomic E-state index is 11.1. The van der Waals surface area contributed by atoms with Gasteiger partial charge in [0.2, 0.25) is 0 Å². The van der Waals surface area contributed by atoms with Crippen molar-refractivity contribution < 1.29 is 14.8 Å². The Morgan fingerprint density at radius 1 is 1.60 bits per heavy atom.